The highest BCUT2D eigenvalue weighted by Gasteiger charge is 2.13. The minimum absolute atomic E-state index is 0.0294. The molecule has 2 heterocycles. The molecular weight excluding hydrogens is 368 g/mol. The first kappa shape index (κ1) is 20.0. The van der Waals surface area contributed by atoms with Crippen LogP contribution in [0.15, 0.2) is 60.9 Å². The molecule has 0 atom stereocenters. The van der Waals surface area contributed by atoms with Crippen molar-refractivity contribution in [3.05, 3.63) is 66.5 Å². The molecule has 0 saturated heterocycles. The van der Waals surface area contributed by atoms with E-state index in [1.54, 1.807) is 18.5 Å². The van der Waals surface area contributed by atoms with E-state index < -0.39 is 12.0 Å². The van der Waals surface area contributed by atoms with Gasteiger partial charge in [-0.15, -0.1) is 0 Å². The molecule has 0 aliphatic carbocycles. The summed E-state index contributed by atoms with van der Waals surface area (Å²) in [7, 11) is 1.31. The fraction of sp³-hybridized carbons (Fsp3) is 0.182. The summed E-state index contributed by atoms with van der Waals surface area (Å²) in [6.07, 6.45) is 3.52. The molecule has 2 aromatic heterocycles. The molecule has 0 fully saturated rings. The van der Waals surface area contributed by atoms with Gasteiger partial charge in [-0.3, -0.25) is 10.3 Å². The molecule has 0 aliphatic heterocycles. The number of carbonyl (C=O) groups is 2. The Morgan fingerprint density at radius 3 is 2.34 bits per heavy atom. The molecule has 7 heteroatoms. The number of esters is 1. The van der Waals surface area contributed by atoms with Crippen LogP contribution in [0.3, 0.4) is 0 Å². The van der Waals surface area contributed by atoms with Crippen molar-refractivity contribution >= 4 is 17.8 Å². The summed E-state index contributed by atoms with van der Waals surface area (Å²) < 4.78 is 4.83. The van der Waals surface area contributed by atoms with Gasteiger partial charge in [0, 0.05) is 24.0 Å². The Labute approximate surface area is 169 Å². The van der Waals surface area contributed by atoms with Crippen molar-refractivity contribution in [3.8, 4) is 22.4 Å². The van der Waals surface area contributed by atoms with Crippen LogP contribution in [-0.4, -0.2) is 35.1 Å². The Morgan fingerprint density at radius 2 is 1.72 bits per heavy atom. The fourth-order valence-electron chi connectivity index (χ4n) is 2.76. The summed E-state index contributed by atoms with van der Waals surface area (Å²) in [4.78, 5) is 32.7. The molecule has 1 aromatic carbocycles. The van der Waals surface area contributed by atoms with Crippen LogP contribution in [0.2, 0.25) is 0 Å². The van der Waals surface area contributed by atoms with Crippen LogP contribution in [0.25, 0.3) is 22.4 Å². The minimum Gasteiger partial charge on any atom is -0.465 e. The SMILES string of the molecule is COC(=O)c1cc(NC(=O)NC(C)C)nc(-c2ccc(-c3cccnc3)cc2)c1. The largest absolute Gasteiger partial charge is 0.465 e. The summed E-state index contributed by atoms with van der Waals surface area (Å²) in [5.74, 6) is -0.245. The van der Waals surface area contributed by atoms with E-state index in [2.05, 4.69) is 20.6 Å². The lowest BCUT2D eigenvalue weighted by Gasteiger charge is -2.12. The zero-order valence-corrected chi connectivity index (χ0v) is 16.5. The zero-order chi connectivity index (χ0) is 20.8. The van der Waals surface area contributed by atoms with Crippen LogP contribution in [0.1, 0.15) is 24.2 Å². The molecule has 0 unspecified atom stereocenters. The van der Waals surface area contributed by atoms with Crippen LogP contribution in [-0.2, 0) is 4.74 Å². The molecule has 3 rings (SSSR count). The number of ether oxygens (including phenoxy) is 1. The van der Waals surface area contributed by atoms with Crippen molar-refractivity contribution in [2.45, 2.75) is 19.9 Å². The number of nitrogens with one attached hydrogen (secondary N) is 2. The van der Waals surface area contributed by atoms with Gasteiger partial charge in [-0.1, -0.05) is 30.3 Å². The van der Waals surface area contributed by atoms with Gasteiger partial charge in [0.15, 0.2) is 0 Å². The molecule has 3 aromatic rings. The first-order chi connectivity index (χ1) is 14.0. The van der Waals surface area contributed by atoms with Gasteiger partial charge < -0.3 is 10.1 Å². The van der Waals surface area contributed by atoms with E-state index in [1.165, 1.54) is 13.2 Å². The van der Waals surface area contributed by atoms with E-state index in [9.17, 15) is 9.59 Å². The van der Waals surface area contributed by atoms with Crippen LogP contribution in [0, 0.1) is 0 Å². The highest BCUT2D eigenvalue weighted by Crippen LogP contribution is 2.25. The normalized spacial score (nSPS) is 10.5. The molecular formula is C22H22N4O3. The second kappa shape index (κ2) is 8.97. The third-order valence-corrected chi connectivity index (χ3v) is 4.08. The monoisotopic (exact) mass is 390 g/mol. The van der Waals surface area contributed by atoms with E-state index >= 15 is 0 Å². The van der Waals surface area contributed by atoms with Gasteiger partial charge in [0.1, 0.15) is 5.82 Å². The lowest BCUT2D eigenvalue weighted by atomic mass is 10.0. The number of hydrogen-bond donors (Lipinski definition) is 2. The predicted molar refractivity (Wildman–Crippen MR) is 112 cm³/mol. The van der Waals surface area contributed by atoms with Gasteiger partial charge >= 0.3 is 12.0 Å². The first-order valence-corrected chi connectivity index (χ1v) is 9.15. The highest BCUT2D eigenvalue weighted by molar-refractivity contribution is 5.94. The lowest BCUT2D eigenvalue weighted by molar-refractivity contribution is 0.0600. The van der Waals surface area contributed by atoms with Gasteiger partial charge in [-0.05, 0) is 43.2 Å². The number of pyridine rings is 2. The standard InChI is InChI=1S/C22H22N4O3/c1-14(2)24-22(28)26-20-12-18(21(27)29-3)11-19(25-20)16-8-6-15(7-9-16)17-5-4-10-23-13-17/h4-14H,1-3H3,(H2,24,25,26,28). The predicted octanol–water partition coefficient (Wildman–Crippen LogP) is 4.13. The van der Waals surface area contributed by atoms with E-state index in [0.29, 0.717) is 11.3 Å². The van der Waals surface area contributed by atoms with Gasteiger partial charge in [0.25, 0.3) is 0 Å². The molecule has 148 valence electrons. The summed E-state index contributed by atoms with van der Waals surface area (Å²) in [6, 6.07) is 14.3. The van der Waals surface area contributed by atoms with Crippen LogP contribution in [0.4, 0.5) is 10.6 Å². The van der Waals surface area contributed by atoms with Gasteiger partial charge in [-0.2, -0.15) is 0 Å². The number of amides is 2. The molecule has 2 amide bonds. The van der Waals surface area contributed by atoms with Crippen molar-refractivity contribution in [2.24, 2.45) is 0 Å². The van der Waals surface area contributed by atoms with E-state index in [-0.39, 0.29) is 11.9 Å². The van der Waals surface area contributed by atoms with Crippen molar-refractivity contribution < 1.29 is 14.3 Å². The second-order valence-corrected chi connectivity index (χ2v) is 6.69. The van der Waals surface area contributed by atoms with E-state index in [0.717, 1.165) is 16.7 Å². The average Bonchev–Trinajstić information content (AvgIpc) is 2.73. The molecule has 0 saturated carbocycles. The topological polar surface area (TPSA) is 93.2 Å². The number of urea groups is 1. The van der Waals surface area contributed by atoms with Crippen molar-refractivity contribution in [1.29, 1.82) is 0 Å². The number of hydrogen-bond acceptors (Lipinski definition) is 5. The number of benzene rings is 1. The molecule has 0 bridgehead atoms. The molecule has 2 N–H and O–H groups in total. The summed E-state index contributed by atoms with van der Waals surface area (Å²) in [5, 5.41) is 5.39. The quantitative estimate of drug-likeness (QED) is 0.639. The summed E-state index contributed by atoms with van der Waals surface area (Å²) >= 11 is 0. The van der Waals surface area contributed by atoms with Crippen LogP contribution >= 0.6 is 0 Å². The second-order valence-electron chi connectivity index (χ2n) is 6.69. The summed E-state index contributed by atoms with van der Waals surface area (Å²) in [5.41, 5.74) is 3.67. The van der Waals surface area contributed by atoms with Gasteiger partial charge in [-0.25, -0.2) is 14.6 Å². The van der Waals surface area contributed by atoms with Crippen LogP contribution < -0.4 is 10.6 Å². The Hall–Kier alpha value is -3.74. The average molecular weight is 390 g/mol. The fourth-order valence-corrected chi connectivity index (χ4v) is 2.76. The molecule has 7 nitrogen and oxygen atoms in total. The number of anilines is 1. The number of rotatable bonds is 5. The van der Waals surface area contributed by atoms with Gasteiger partial charge in [0.2, 0.25) is 0 Å². The van der Waals surface area contributed by atoms with Crippen molar-refractivity contribution in [3.63, 3.8) is 0 Å². The molecule has 0 radical (unpaired) electrons. The maximum Gasteiger partial charge on any atom is 0.338 e. The number of carbonyl (C=O) groups excluding carboxylic acids is 2. The highest BCUT2D eigenvalue weighted by atomic mass is 16.5. The van der Waals surface area contributed by atoms with E-state index in [4.69, 9.17) is 4.74 Å². The lowest BCUT2D eigenvalue weighted by Crippen LogP contribution is -2.34. The van der Waals surface area contributed by atoms with Crippen molar-refractivity contribution in [1.82, 2.24) is 15.3 Å². The van der Waals surface area contributed by atoms with Crippen molar-refractivity contribution in [2.75, 3.05) is 12.4 Å². The number of aromatic nitrogens is 2. The number of methoxy groups -OCH3 is 1. The zero-order valence-electron chi connectivity index (χ0n) is 16.5. The Kier molecular flexibility index (Phi) is 6.19. The maximum absolute atomic E-state index is 12.1. The molecule has 29 heavy (non-hydrogen) atoms. The first-order valence-electron chi connectivity index (χ1n) is 9.15. The Bertz CT molecular complexity index is 1000. The molecule has 0 aliphatic rings. The Balaban J connectivity index is 1.94. The summed E-state index contributed by atoms with van der Waals surface area (Å²) in [6.45, 7) is 3.71. The smallest absolute Gasteiger partial charge is 0.338 e. The third-order valence-electron chi connectivity index (χ3n) is 4.08. The minimum atomic E-state index is -0.507. The maximum atomic E-state index is 12.1. The molecule has 0 spiro atoms. The van der Waals surface area contributed by atoms with E-state index in [1.807, 2.05) is 50.2 Å². The van der Waals surface area contributed by atoms with Crippen LogP contribution in [0.5, 0.6) is 0 Å². The third kappa shape index (κ3) is 5.16. The van der Waals surface area contributed by atoms with Gasteiger partial charge in [0.05, 0.1) is 18.4 Å². The Morgan fingerprint density at radius 1 is 1.00 bits per heavy atom. The number of nitrogens with zero attached hydrogens (tertiary/aromatic N) is 2.